The normalized spacial score (nSPS) is 16.1. The number of nitrogens with one attached hydrogen (secondary N) is 1. The summed E-state index contributed by atoms with van der Waals surface area (Å²) in [7, 11) is -3.62. The highest BCUT2D eigenvalue weighted by molar-refractivity contribution is 7.85. The Hall–Kier alpha value is -2.25. The van der Waals surface area contributed by atoms with Crippen LogP contribution in [0, 0.1) is 10.1 Å². The minimum Gasteiger partial charge on any atom is -0.394 e. The van der Waals surface area contributed by atoms with E-state index in [-0.39, 0.29) is 32.2 Å². The molecule has 1 atom stereocenters. The molecule has 23 heavy (non-hydrogen) atoms. The van der Waals surface area contributed by atoms with Crippen LogP contribution in [0.4, 0.5) is 0 Å². The molecule has 1 aliphatic rings. The summed E-state index contributed by atoms with van der Waals surface area (Å²) in [4.78, 5) is 11.7. The Labute approximate surface area is 131 Å². The quantitative estimate of drug-likeness (QED) is 0.313. The molecule has 13 heteroatoms. The van der Waals surface area contributed by atoms with Crippen molar-refractivity contribution in [3.63, 3.8) is 0 Å². The molecule has 1 aromatic rings. The van der Waals surface area contributed by atoms with Gasteiger partial charge in [0.15, 0.2) is 6.67 Å². The van der Waals surface area contributed by atoms with Crippen LogP contribution < -0.4 is 5.32 Å². The van der Waals surface area contributed by atoms with E-state index in [1.54, 1.807) is 4.90 Å². The lowest BCUT2D eigenvalue weighted by molar-refractivity contribution is -0.430. The van der Waals surface area contributed by atoms with Crippen molar-refractivity contribution in [2.24, 2.45) is 0 Å². The minimum atomic E-state index is -3.62. The van der Waals surface area contributed by atoms with E-state index < -0.39 is 21.1 Å². The molecule has 0 fully saturated rings. The number of aliphatic hydroxyl groups excluding tert-OH is 1. The molecule has 1 aromatic heterocycles. The number of hydrogen-bond acceptors (Lipinski definition) is 10. The molecule has 0 aliphatic carbocycles. The Morgan fingerprint density at radius 2 is 2.35 bits per heavy atom. The predicted molar refractivity (Wildman–Crippen MR) is 75.6 cm³/mol. The van der Waals surface area contributed by atoms with Crippen LogP contribution in [0.1, 0.15) is 11.7 Å². The van der Waals surface area contributed by atoms with E-state index in [4.69, 9.17) is 0 Å². The zero-order valence-electron chi connectivity index (χ0n) is 12.2. The molecular formula is C10H16N6O6S. The maximum atomic E-state index is 11.0. The number of nitro groups is 1. The summed E-state index contributed by atoms with van der Waals surface area (Å²) in [6, 6.07) is -0.701. The number of rotatable bonds is 8. The lowest BCUT2D eigenvalue weighted by atomic mass is 10.3. The Bertz CT molecular complexity index is 700. The van der Waals surface area contributed by atoms with Gasteiger partial charge >= 0.3 is 5.82 Å². The Morgan fingerprint density at radius 3 is 2.91 bits per heavy atom. The van der Waals surface area contributed by atoms with Gasteiger partial charge in [0.2, 0.25) is 0 Å². The number of aromatic nitrogens is 3. The fraction of sp³-hybridized carbons (Fsp3) is 0.600. The summed E-state index contributed by atoms with van der Waals surface area (Å²) in [6.07, 6.45) is 3.79. The first-order valence-corrected chi connectivity index (χ1v) is 8.30. The molecule has 2 rings (SSSR count). The SMILES string of the molecule is CS(=O)(=O)OCC(CO)n1cc(CN2C=C([N+](=O)[O-])NC2)nn1. The molecule has 12 nitrogen and oxygen atoms in total. The standard InChI is InChI=1S/C10H16N6O6S/c1-23(20,21)22-6-9(5-17)15-3-8(12-13-15)2-14-4-10(11-7-14)16(18)19/h3-4,9,11,17H,2,5-7H2,1H3. The maximum Gasteiger partial charge on any atom is 0.333 e. The van der Waals surface area contributed by atoms with Crippen LogP contribution in [-0.2, 0) is 20.8 Å². The van der Waals surface area contributed by atoms with Gasteiger partial charge in [-0.2, -0.15) is 8.42 Å². The second-order valence-electron chi connectivity index (χ2n) is 4.87. The summed E-state index contributed by atoms with van der Waals surface area (Å²) >= 11 is 0. The second-order valence-corrected chi connectivity index (χ2v) is 6.51. The van der Waals surface area contributed by atoms with Crippen molar-refractivity contribution < 1.29 is 22.6 Å². The third-order valence-electron chi connectivity index (χ3n) is 2.95. The fourth-order valence-electron chi connectivity index (χ4n) is 1.85. The average molecular weight is 348 g/mol. The van der Waals surface area contributed by atoms with Gasteiger partial charge in [-0.05, 0) is 4.92 Å². The van der Waals surface area contributed by atoms with Crippen LogP contribution in [0.3, 0.4) is 0 Å². The Kier molecular flexibility index (Phi) is 5.12. The zero-order chi connectivity index (χ0) is 17.0. The van der Waals surface area contributed by atoms with Crippen molar-refractivity contribution in [1.82, 2.24) is 25.2 Å². The van der Waals surface area contributed by atoms with Gasteiger partial charge in [-0.25, -0.2) is 4.68 Å². The van der Waals surface area contributed by atoms with E-state index >= 15 is 0 Å². The van der Waals surface area contributed by atoms with Gasteiger partial charge in [0, 0.05) is 0 Å². The van der Waals surface area contributed by atoms with Crippen LogP contribution in [0.5, 0.6) is 0 Å². The van der Waals surface area contributed by atoms with Gasteiger partial charge < -0.3 is 20.1 Å². The lowest BCUT2D eigenvalue weighted by Crippen LogP contribution is -2.22. The molecule has 128 valence electrons. The largest absolute Gasteiger partial charge is 0.394 e. The second kappa shape index (κ2) is 6.89. The van der Waals surface area contributed by atoms with Crippen molar-refractivity contribution in [2.75, 3.05) is 26.1 Å². The molecule has 0 amide bonds. The van der Waals surface area contributed by atoms with Gasteiger partial charge in [0.25, 0.3) is 10.1 Å². The van der Waals surface area contributed by atoms with Crippen LogP contribution in [0.15, 0.2) is 18.2 Å². The van der Waals surface area contributed by atoms with E-state index in [0.717, 1.165) is 6.26 Å². The lowest BCUT2D eigenvalue weighted by Gasteiger charge is -2.13. The van der Waals surface area contributed by atoms with Crippen molar-refractivity contribution in [3.8, 4) is 0 Å². The molecule has 1 unspecified atom stereocenters. The van der Waals surface area contributed by atoms with Crippen molar-refractivity contribution in [2.45, 2.75) is 12.6 Å². The molecule has 2 heterocycles. The molecule has 0 saturated heterocycles. The van der Waals surface area contributed by atoms with Gasteiger partial charge in [-0.3, -0.25) is 9.50 Å². The van der Waals surface area contributed by atoms with Gasteiger partial charge in [0.1, 0.15) is 11.7 Å². The summed E-state index contributed by atoms with van der Waals surface area (Å²) in [6.45, 7) is -0.108. The van der Waals surface area contributed by atoms with Gasteiger partial charge in [-0.15, -0.1) is 5.10 Å². The zero-order valence-corrected chi connectivity index (χ0v) is 13.0. The Morgan fingerprint density at radius 1 is 1.61 bits per heavy atom. The van der Waals surface area contributed by atoms with Crippen LogP contribution >= 0.6 is 0 Å². The number of aliphatic hydroxyl groups is 1. The highest BCUT2D eigenvalue weighted by Gasteiger charge is 2.22. The first kappa shape index (κ1) is 17.1. The molecule has 0 radical (unpaired) electrons. The van der Waals surface area contributed by atoms with Gasteiger partial charge in [0.05, 0.1) is 38.4 Å². The highest BCUT2D eigenvalue weighted by Crippen LogP contribution is 2.11. The van der Waals surface area contributed by atoms with Crippen molar-refractivity contribution in [3.05, 3.63) is 34.0 Å². The third-order valence-corrected chi connectivity index (χ3v) is 3.51. The third kappa shape index (κ3) is 4.87. The van der Waals surface area contributed by atoms with Crippen LogP contribution in [0.25, 0.3) is 0 Å². The van der Waals surface area contributed by atoms with E-state index in [0.29, 0.717) is 5.69 Å². The van der Waals surface area contributed by atoms with Gasteiger partial charge in [-0.1, -0.05) is 5.21 Å². The fourth-order valence-corrected chi connectivity index (χ4v) is 2.25. The molecule has 0 aromatic carbocycles. The molecule has 1 aliphatic heterocycles. The minimum absolute atomic E-state index is 0.104. The van der Waals surface area contributed by atoms with E-state index in [1.807, 2.05) is 0 Å². The maximum absolute atomic E-state index is 11.0. The molecule has 0 spiro atoms. The molecule has 0 bridgehead atoms. The van der Waals surface area contributed by atoms with E-state index in [1.165, 1.54) is 17.1 Å². The molecule has 2 N–H and O–H groups in total. The average Bonchev–Trinajstić information content (AvgIpc) is 3.08. The smallest absolute Gasteiger partial charge is 0.333 e. The summed E-state index contributed by atoms with van der Waals surface area (Å²) in [5, 5.41) is 30.2. The highest BCUT2D eigenvalue weighted by atomic mass is 32.2. The summed E-state index contributed by atoms with van der Waals surface area (Å²) in [5.74, 6) is -0.104. The van der Waals surface area contributed by atoms with Crippen molar-refractivity contribution in [1.29, 1.82) is 0 Å². The predicted octanol–water partition coefficient (Wildman–Crippen LogP) is -1.77. The summed E-state index contributed by atoms with van der Waals surface area (Å²) in [5.41, 5.74) is 0.505. The summed E-state index contributed by atoms with van der Waals surface area (Å²) < 4.78 is 27.9. The Balaban J connectivity index is 1.98. The number of nitrogens with zero attached hydrogens (tertiary/aromatic N) is 5. The van der Waals surface area contributed by atoms with Crippen LogP contribution in [0.2, 0.25) is 0 Å². The first-order valence-electron chi connectivity index (χ1n) is 6.48. The van der Waals surface area contributed by atoms with Crippen LogP contribution in [-0.4, -0.2) is 64.5 Å². The first-order chi connectivity index (χ1) is 10.8. The molecular weight excluding hydrogens is 332 g/mol. The number of hydrogen-bond donors (Lipinski definition) is 2. The molecule has 0 saturated carbocycles. The topological polar surface area (TPSA) is 153 Å². The van der Waals surface area contributed by atoms with E-state index in [9.17, 15) is 23.6 Å². The van der Waals surface area contributed by atoms with Crippen molar-refractivity contribution >= 4 is 10.1 Å². The monoisotopic (exact) mass is 348 g/mol. The van der Waals surface area contributed by atoms with E-state index in [2.05, 4.69) is 19.8 Å².